The summed E-state index contributed by atoms with van der Waals surface area (Å²) >= 11 is 0. The van der Waals surface area contributed by atoms with Gasteiger partial charge in [-0.15, -0.1) is 0 Å². The van der Waals surface area contributed by atoms with E-state index in [0.29, 0.717) is 11.8 Å². The first-order chi connectivity index (χ1) is 15.5. The molecule has 0 unspecified atom stereocenters. The van der Waals surface area contributed by atoms with Gasteiger partial charge in [0.1, 0.15) is 0 Å². The molecule has 0 spiro atoms. The van der Waals surface area contributed by atoms with Crippen molar-refractivity contribution in [2.45, 2.75) is 55.8 Å². The maximum atomic E-state index is 12.2. The van der Waals surface area contributed by atoms with Crippen molar-refractivity contribution in [3.05, 3.63) is 83.7 Å². The molecule has 1 aromatic heterocycles. The number of aromatic nitrogens is 1. The molecule has 4 nitrogen and oxygen atoms in total. The molecule has 1 aliphatic carbocycles. The van der Waals surface area contributed by atoms with Gasteiger partial charge in [-0.1, -0.05) is 56.2 Å². The summed E-state index contributed by atoms with van der Waals surface area (Å²) in [5.41, 5.74) is 6.11. The van der Waals surface area contributed by atoms with Crippen LogP contribution in [-0.2, 0) is 16.3 Å². The van der Waals surface area contributed by atoms with E-state index in [2.05, 4.69) is 42.2 Å². The summed E-state index contributed by atoms with van der Waals surface area (Å²) in [7, 11) is -3.44. The Bertz CT molecular complexity index is 1140. The SMILES string of the molecule is CCCCCc1ccc(-c2ccc(S(=O)(=O)CCO)cc2)cc1[C@H]1C[C@H]1c1ccccn1. The zero-order valence-electron chi connectivity index (χ0n) is 18.6. The van der Waals surface area contributed by atoms with Crippen molar-refractivity contribution in [3.8, 4) is 11.1 Å². The van der Waals surface area contributed by atoms with Crippen molar-refractivity contribution < 1.29 is 13.5 Å². The standard InChI is InChI=1S/C27H31NO3S/c1-2-3-4-7-21-9-10-22(20-11-13-23(14-12-20)32(30,31)17-16-29)18-24(21)25-19-26(25)27-8-5-6-15-28-27/h5-6,8-15,18,25-26,29H,2-4,7,16-17,19H2,1H3/t25-,26-/m1/s1. The van der Waals surface area contributed by atoms with Crippen LogP contribution in [0.3, 0.4) is 0 Å². The Morgan fingerprint density at radius 2 is 1.75 bits per heavy atom. The summed E-state index contributed by atoms with van der Waals surface area (Å²) in [5, 5.41) is 9.01. The molecule has 1 aliphatic rings. The van der Waals surface area contributed by atoms with Crippen LogP contribution in [0.15, 0.2) is 71.8 Å². The summed E-state index contributed by atoms with van der Waals surface area (Å²) in [6, 6.07) is 19.9. The average Bonchev–Trinajstić information content (AvgIpc) is 3.61. The normalized spacial score (nSPS) is 17.9. The molecule has 0 bridgehead atoms. The van der Waals surface area contributed by atoms with Crippen LogP contribution in [0.25, 0.3) is 11.1 Å². The molecule has 1 N–H and O–H groups in total. The Morgan fingerprint density at radius 3 is 2.44 bits per heavy atom. The van der Waals surface area contributed by atoms with Crippen molar-refractivity contribution in [2.24, 2.45) is 0 Å². The van der Waals surface area contributed by atoms with E-state index in [1.54, 1.807) is 12.1 Å². The summed E-state index contributed by atoms with van der Waals surface area (Å²) < 4.78 is 24.4. The van der Waals surface area contributed by atoms with Crippen molar-refractivity contribution >= 4 is 9.84 Å². The third-order valence-electron chi connectivity index (χ3n) is 6.36. The number of aliphatic hydroxyl groups excluding tert-OH is 1. The van der Waals surface area contributed by atoms with Crippen molar-refractivity contribution in [2.75, 3.05) is 12.4 Å². The highest BCUT2D eigenvalue weighted by Crippen LogP contribution is 2.55. The Kier molecular flexibility index (Phi) is 7.07. The molecule has 0 saturated heterocycles. The highest BCUT2D eigenvalue weighted by atomic mass is 32.2. The lowest BCUT2D eigenvalue weighted by Gasteiger charge is -2.13. The van der Waals surface area contributed by atoms with Crippen LogP contribution in [0.4, 0.5) is 0 Å². The third-order valence-corrected chi connectivity index (χ3v) is 8.07. The number of rotatable bonds is 10. The first kappa shape index (κ1) is 22.7. The predicted octanol–water partition coefficient (Wildman–Crippen LogP) is 5.52. The van der Waals surface area contributed by atoms with E-state index in [9.17, 15) is 8.42 Å². The molecule has 1 fully saturated rings. The molecule has 32 heavy (non-hydrogen) atoms. The lowest BCUT2D eigenvalue weighted by atomic mass is 9.92. The van der Waals surface area contributed by atoms with Crippen LogP contribution in [0.1, 0.15) is 61.3 Å². The van der Waals surface area contributed by atoms with Gasteiger partial charge in [0, 0.05) is 17.8 Å². The van der Waals surface area contributed by atoms with Crippen LogP contribution >= 0.6 is 0 Å². The number of unbranched alkanes of at least 4 members (excludes halogenated alkanes) is 2. The van der Waals surface area contributed by atoms with E-state index in [4.69, 9.17) is 5.11 Å². The van der Waals surface area contributed by atoms with Crippen LogP contribution in [0.2, 0.25) is 0 Å². The Balaban J connectivity index is 1.62. The van der Waals surface area contributed by atoms with E-state index in [0.717, 1.165) is 24.0 Å². The largest absolute Gasteiger partial charge is 0.395 e. The van der Waals surface area contributed by atoms with Crippen molar-refractivity contribution in [3.63, 3.8) is 0 Å². The number of hydrogen-bond donors (Lipinski definition) is 1. The molecule has 0 radical (unpaired) electrons. The number of sulfone groups is 1. The third kappa shape index (κ3) is 5.11. The van der Waals surface area contributed by atoms with Gasteiger partial charge >= 0.3 is 0 Å². The first-order valence-electron chi connectivity index (χ1n) is 11.5. The second-order valence-electron chi connectivity index (χ2n) is 8.64. The number of hydrogen-bond acceptors (Lipinski definition) is 4. The second-order valence-corrected chi connectivity index (χ2v) is 10.7. The number of pyridine rings is 1. The average molecular weight is 450 g/mol. The van der Waals surface area contributed by atoms with E-state index < -0.39 is 9.84 Å². The molecule has 2 atom stereocenters. The molecule has 3 aromatic rings. The fraction of sp³-hybridized carbons (Fsp3) is 0.370. The van der Waals surface area contributed by atoms with Crippen LogP contribution in [-0.4, -0.2) is 30.9 Å². The Labute approximate surface area is 191 Å². The minimum Gasteiger partial charge on any atom is -0.395 e. The topological polar surface area (TPSA) is 67.3 Å². The zero-order valence-corrected chi connectivity index (χ0v) is 19.4. The van der Waals surface area contributed by atoms with Gasteiger partial charge in [-0.2, -0.15) is 0 Å². The smallest absolute Gasteiger partial charge is 0.180 e. The molecule has 2 aromatic carbocycles. The highest BCUT2D eigenvalue weighted by molar-refractivity contribution is 7.91. The highest BCUT2D eigenvalue weighted by Gasteiger charge is 2.41. The summed E-state index contributed by atoms with van der Waals surface area (Å²) in [6.07, 6.45) is 7.72. The molecule has 4 rings (SSSR count). The molecule has 0 amide bonds. The van der Waals surface area contributed by atoms with E-state index >= 15 is 0 Å². The van der Waals surface area contributed by atoms with Gasteiger partial charge in [0.25, 0.3) is 0 Å². The van der Waals surface area contributed by atoms with Crippen molar-refractivity contribution in [1.29, 1.82) is 0 Å². The Hall–Kier alpha value is -2.50. The molecular weight excluding hydrogens is 418 g/mol. The maximum Gasteiger partial charge on any atom is 0.180 e. The fourth-order valence-electron chi connectivity index (χ4n) is 4.47. The maximum absolute atomic E-state index is 12.2. The minimum absolute atomic E-state index is 0.250. The number of aryl methyl sites for hydroxylation is 1. The van der Waals surface area contributed by atoms with Gasteiger partial charge < -0.3 is 5.11 Å². The second kappa shape index (κ2) is 9.97. The van der Waals surface area contributed by atoms with Crippen LogP contribution < -0.4 is 0 Å². The lowest BCUT2D eigenvalue weighted by molar-refractivity contribution is 0.319. The molecule has 0 aliphatic heterocycles. The van der Waals surface area contributed by atoms with Gasteiger partial charge in [0.15, 0.2) is 9.84 Å². The van der Waals surface area contributed by atoms with E-state index in [1.807, 2.05) is 24.4 Å². The molecule has 168 valence electrons. The molecular formula is C27H31NO3S. The first-order valence-corrected chi connectivity index (χ1v) is 13.2. The van der Waals surface area contributed by atoms with Crippen molar-refractivity contribution in [1.82, 2.24) is 4.98 Å². The van der Waals surface area contributed by atoms with E-state index in [1.165, 1.54) is 36.1 Å². The fourth-order valence-corrected chi connectivity index (χ4v) is 5.49. The van der Waals surface area contributed by atoms with E-state index in [-0.39, 0.29) is 17.3 Å². The Morgan fingerprint density at radius 1 is 0.969 bits per heavy atom. The molecule has 1 saturated carbocycles. The monoisotopic (exact) mass is 449 g/mol. The quantitative estimate of drug-likeness (QED) is 0.414. The summed E-state index contributed by atoms with van der Waals surface area (Å²) in [5.74, 6) is 0.715. The van der Waals surface area contributed by atoms with Gasteiger partial charge in [-0.25, -0.2) is 8.42 Å². The van der Waals surface area contributed by atoms with Gasteiger partial charge in [-0.3, -0.25) is 4.98 Å². The predicted molar refractivity (Wildman–Crippen MR) is 129 cm³/mol. The van der Waals surface area contributed by atoms with Crippen LogP contribution in [0.5, 0.6) is 0 Å². The summed E-state index contributed by atoms with van der Waals surface area (Å²) in [4.78, 5) is 4.83. The van der Waals surface area contributed by atoms with Crippen LogP contribution in [0, 0.1) is 0 Å². The molecule has 5 heteroatoms. The van der Waals surface area contributed by atoms with Gasteiger partial charge in [0.05, 0.1) is 17.3 Å². The number of aliphatic hydroxyl groups is 1. The van der Waals surface area contributed by atoms with Gasteiger partial charge in [-0.05, 0) is 71.7 Å². The lowest BCUT2D eigenvalue weighted by Crippen LogP contribution is -2.09. The number of nitrogens with zero attached hydrogens (tertiary/aromatic N) is 1. The summed E-state index contributed by atoms with van der Waals surface area (Å²) in [6.45, 7) is 1.86. The zero-order chi connectivity index (χ0) is 22.6. The van der Waals surface area contributed by atoms with Gasteiger partial charge in [0.2, 0.25) is 0 Å². The minimum atomic E-state index is -3.44. The number of benzene rings is 2. The molecule has 1 heterocycles.